The SMILES string of the molecule is CN(C)c1ncccc1CN1CCO[C@H](c2cccc(Cc3ccccc3)n2)C1. The Morgan fingerprint density at radius 3 is 2.72 bits per heavy atom. The van der Waals surface area contributed by atoms with E-state index in [2.05, 4.69) is 63.3 Å². The number of pyridine rings is 2. The van der Waals surface area contributed by atoms with Gasteiger partial charge in [0, 0.05) is 57.6 Å². The normalized spacial score (nSPS) is 17.2. The highest BCUT2D eigenvalue weighted by atomic mass is 16.5. The van der Waals surface area contributed by atoms with Crippen molar-refractivity contribution in [2.24, 2.45) is 0 Å². The first kappa shape index (κ1) is 19.6. The van der Waals surface area contributed by atoms with Crippen molar-refractivity contribution in [3.05, 3.63) is 89.4 Å². The minimum Gasteiger partial charge on any atom is -0.369 e. The summed E-state index contributed by atoms with van der Waals surface area (Å²) in [6.45, 7) is 3.34. The minimum atomic E-state index is -0.000971. The van der Waals surface area contributed by atoms with Crippen LogP contribution in [0.15, 0.2) is 66.9 Å². The van der Waals surface area contributed by atoms with Gasteiger partial charge >= 0.3 is 0 Å². The van der Waals surface area contributed by atoms with Gasteiger partial charge in [0.25, 0.3) is 0 Å². The van der Waals surface area contributed by atoms with Crippen LogP contribution in [0.1, 0.15) is 28.6 Å². The van der Waals surface area contributed by atoms with E-state index in [0.717, 1.165) is 43.3 Å². The van der Waals surface area contributed by atoms with Gasteiger partial charge in [0.2, 0.25) is 0 Å². The molecule has 0 spiro atoms. The monoisotopic (exact) mass is 388 g/mol. The predicted octanol–water partition coefficient (Wildman–Crippen LogP) is 3.71. The molecule has 1 saturated heterocycles. The first-order valence-corrected chi connectivity index (χ1v) is 10.1. The van der Waals surface area contributed by atoms with Crippen molar-refractivity contribution in [1.82, 2.24) is 14.9 Å². The zero-order valence-corrected chi connectivity index (χ0v) is 17.2. The maximum atomic E-state index is 6.08. The summed E-state index contributed by atoms with van der Waals surface area (Å²) < 4.78 is 6.08. The van der Waals surface area contributed by atoms with E-state index in [1.54, 1.807) is 0 Å². The molecule has 0 amide bonds. The second-order valence-electron chi connectivity index (χ2n) is 7.69. The van der Waals surface area contributed by atoms with Gasteiger partial charge in [-0.1, -0.05) is 42.5 Å². The summed E-state index contributed by atoms with van der Waals surface area (Å²) in [5.74, 6) is 1.03. The van der Waals surface area contributed by atoms with Gasteiger partial charge in [-0.2, -0.15) is 0 Å². The number of benzene rings is 1. The first-order chi connectivity index (χ1) is 14.2. The maximum Gasteiger partial charge on any atom is 0.132 e. The van der Waals surface area contributed by atoms with Crippen molar-refractivity contribution in [1.29, 1.82) is 0 Å². The molecular weight excluding hydrogens is 360 g/mol. The van der Waals surface area contributed by atoms with E-state index in [0.29, 0.717) is 6.61 Å². The van der Waals surface area contributed by atoms with Gasteiger partial charge in [-0.3, -0.25) is 9.88 Å². The summed E-state index contributed by atoms with van der Waals surface area (Å²) in [6.07, 6.45) is 2.69. The molecule has 0 aliphatic carbocycles. The highest BCUT2D eigenvalue weighted by Gasteiger charge is 2.24. The highest BCUT2D eigenvalue weighted by Crippen LogP contribution is 2.24. The van der Waals surface area contributed by atoms with Crippen LogP contribution in [-0.4, -0.2) is 48.7 Å². The molecule has 2 aromatic heterocycles. The third kappa shape index (κ3) is 5.00. The lowest BCUT2D eigenvalue weighted by Gasteiger charge is -2.33. The summed E-state index contributed by atoms with van der Waals surface area (Å²) in [5.41, 5.74) is 4.61. The molecule has 1 aliphatic rings. The van der Waals surface area contributed by atoms with E-state index in [1.165, 1.54) is 11.1 Å². The minimum absolute atomic E-state index is 0.000971. The van der Waals surface area contributed by atoms with Crippen molar-refractivity contribution < 1.29 is 4.74 Å². The standard InChI is InChI=1S/C24H28N4O/c1-27(2)24-20(10-7-13-25-24)17-28-14-15-29-23(18-28)22-12-6-11-21(26-22)16-19-8-4-3-5-9-19/h3-13,23H,14-18H2,1-2H3/t23-/m0/s1. The second-order valence-corrected chi connectivity index (χ2v) is 7.69. The first-order valence-electron chi connectivity index (χ1n) is 10.1. The molecule has 3 heterocycles. The quantitative estimate of drug-likeness (QED) is 0.644. The van der Waals surface area contributed by atoms with Gasteiger partial charge in [-0.05, 0) is 23.8 Å². The third-order valence-corrected chi connectivity index (χ3v) is 5.22. The number of hydrogen-bond donors (Lipinski definition) is 0. The van der Waals surface area contributed by atoms with Gasteiger partial charge in [0.05, 0.1) is 12.3 Å². The zero-order valence-electron chi connectivity index (χ0n) is 17.2. The van der Waals surface area contributed by atoms with Crippen molar-refractivity contribution in [3.63, 3.8) is 0 Å². The van der Waals surface area contributed by atoms with Crippen molar-refractivity contribution in [3.8, 4) is 0 Å². The molecule has 150 valence electrons. The fourth-order valence-corrected chi connectivity index (χ4v) is 3.80. The van der Waals surface area contributed by atoms with Crippen LogP contribution in [0.3, 0.4) is 0 Å². The van der Waals surface area contributed by atoms with Crippen molar-refractivity contribution in [2.75, 3.05) is 38.7 Å². The van der Waals surface area contributed by atoms with Crippen LogP contribution in [-0.2, 0) is 17.7 Å². The van der Waals surface area contributed by atoms with E-state index in [4.69, 9.17) is 9.72 Å². The van der Waals surface area contributed by atoms with E-state index in [9.17, 15) is 0 Å². The van der Waals surface area contributed by atoms with E-state index in [1.807, 2.05) is 32.4 Å². The van der Waals surface area contributed by atoms with E-state index >= 15 is 0 Å². The second kappa shape index (κ2) is 9.16. The Bertz CT molecular complexity index is 929. The molecule has 1 aliphatic heterocycles. The molecular formula is C24H28N4O. The molecule has 0 bridgehead atoms. The Hall–Kier alpha value is -2.76. The molecule has 5 nitrogen and oxygen atoms in total. The average molecular weight is 389 g/mol. The van der Waals surface area contributed by atoms with Gasteiger partial charge in [0.15, 0.2) is 0 Å². The molecule has 0 saturated carbocycles. The van der Waals surface area contributed by atoms with Crippen LogP contribution >= 0.6 is 0 Å². The number of morpholine rings is 1. The Labute approximate surface area is 173 Å². The Balaban J connectivity index is 1.45. The molecule has 0 unspecified atom stereocenters. The van der Waals surface area contributed by atoms with Crippen LogP contribution in [0, 0.1) is 0 Å². The largest absolute Gasteiger partial charge is 0.369 e. The summed E-state index contributed by atoms with van der Waals surface area (Å²) in [5, 5.41) is 0. The fourth-order valence-electron chi connectivity index (χ4n) is 3.80. The molecule has 1 fully saturated rings. The third-order valence-electron chi connectivity index (χ3n) is 5.22. The average Bonchev–Trinajstić information content (AvgIpc) is 2.75. The number of rotatable bonds is 6. The van der Waals surface area contributed by atoms with Gasteiger partial charge in [-0.15, -0.1) is 0 Å². The Morgan fingerprint density at radius 1 is 1.03 bits per heavy atom. The van der Waals surface area contributed by atoms with Crippen LogP contribution in [0.4, 0.5) is 5.82 Å². The number of nitrogens with zero attached hydrogens (tertiary/aromatic N) is 4. The van der Waals surface area contributed by atoms with Crippen LogP contribution in [0.5, 0.6) is 0 Å². The molecule has 1 aromatic carbocycles. The van der Waals surface area contributed by atoms with Gasteiger partial charge < -0.3 is 9.64 Å². The maximum absolute atomic E-state index is 6.08. The molecule has 29 heavy (non-hydrogen) atoms. The smallest absolute Gasteiger partial charge is 0.132 e. The molecule has 1 atom stereocenters. The van der Waals surface area contributed by atoms with Gasteiger partial charge in [0.1, 0.15) is 11.9 Å². The predicted molar refractivity (Wildman–Crippen MR) is 116 cm³/mol. The topological polar surface area (TPSA) is 41.5 Å². The lowest BCUT2D eigenvalue weighted by Crippen LogP contribution is -2.38. The molecule has 0 N–H and O–H groups in total. The molecule has 0 radical (unpaired) electrons. The Morgan fingerprint density at radius 2 is 1.90 bits per heavy atom. The Kier molecular flexibility index (Phi) is 6.17. The molecule has 4 rings (SSSR count). The van der Waals surface area contributed by atoms with Crippen molar-refractivity contribution in [2.45, 2.75) is 19.1 Å². The van der Waals surface area contributed by atoms with Crippen LogP contribution in [0.25, 0.3) is 0 Å². The van der Waals surface area contributed by atoms with E-state index in [-0.39, 0.29) is 6.10 Å². The number of aromatic nitrogens is 2. The molecule has 3 aromatic rings. The summed E-state index contributed by atoms with van der Waals surface area (Å²) in [7, 11) is 4.08. The number of ether oxygens (including phenoxy) is 1. The van der Waals surface area contributed by atoms with E-state index < -0.39 is 0 Å². The zero-order chi connectivity index (χ0) is 20.1. The van der Waals surface area contributed by atoms with Crippen LogP contribution in [0.2, 0.25) is 0 Å². The lowest BCUT2D eigenvalue weighted by atomic mass is 10.1. The van der Waals surface area contributed by atoms with Crippen LogP contribution < -0.4 is 4.90 Å². The van der Waals surface area contributed by atoms with Crippen molar-refractivity contribution >= 4 is 5.82 Å². The fraction of sp³-hybridized carbons (Fsp3) is 0.333. The number of hydrogen-bond acceptors (Lipinski definition) is 5. The van der Waals surface area contributed by atoms with Gasteiger partial charge in [-0.25, -0.2) is 4.98 Å². The number of anilines is 1. The summed E-state index contributed by atoms with van der Waals surface area (Å²) in [6, 6.07) is 20.9. The highest BCUT2D eigenvalue weighted by molar-refractivity contribution is 5.45. The summed E-state index contributed by atoms with van der Waals surface area (Å²) >= 11 is 0. The molecule has 5 heteroatoms. The summed E-state index contributed by atoms with van der Waals surface area (Å²) in [4.78, 5) is 13.9. The lowest BCUT2D eigenvalue weighted by molar-refractivity contribution is -0.0350.